The summed E-state index contributed by atoms with van der Waals surface area (Å²) in [5.74, 6) is 0.608. The van der Waals surface area contributed by atoms with E-state index < -0.39 is 0 Å². The van der Waals surface area contributed by atoms with Crippen LogP contribution in [0.15, 0.2) is 54.6 Å². The molecule has 19 heavy (non-hydrogen) atoms. The second kappa shape index (κ2) is 7.98. The maximum Gasteiger partial charge on any atom is 0.0208 e. The molecule has 0 bridgehead atoms. The Morgan fingerprint density at radius 3 is 1.84 bits per heavy atom. The molecule has 0 aliphatic carbocycles. The van der Waals surface area contributed by atoms with Crippen LogP contribution >= 0.6 is 0 Å². The zero-order valence-electron chi connectivity index (χ0n) is 11.6. The molecule has 0 aliphatic rings. The zero-order chi connectivity index (χ0) is 12.8. The summed E-state index contributed by atoms with van der Waals surface area (Å²) >= 11 is 0. The topological polar surface area (TPSA) is 12.0 Å². The lowest BCUT2D eigenvalue weighted by molar-refractivity contribution is -0.00000383. The monoisotopic (exact) mass is 274 g/mol. The molecule has 2 aromatic carbocycles. The molecule has 0 aliphatic heterocycles. The van der Waals surface area contributed by atoms with Gasteiger partial charge in [0, 0.05) is 13.1 Å². The van der Waals surface area contributed by atoms with Crippen LogP contribution in [0.1, 0.15) is 36.5 Å². The Balaban J connectivity index is 0.00000180. The van der Waals surface area contributed by atoms with Crippen LogP contribution in [0.3, 0.4) is 0 Å². The first kappa shape index (κ1) is 15.7. The van der Waals surface area contributed by atoms with E-state index in [0.717, 1.165) is 13.1 Å². The fourth-order valence-electron chi connectivity index (χ4n) is 1.97. The van der Waals surface area contributed by atoms with Crippen LogP contribution in [0, 0.1) is 0 Å². The van der Waals surface area contributed by atoms with Crippen molar-refractivity contribution >= 4 is 0 Å². The van der Waals surface area contributed by atoms with Gasteiger partial charge in [-0.3, -0.25) is 0 Å². The van der Waals surface area contributed by atoms with Crippen molar-refractivity contribution in [3.05, 3.63) is 71.3 Å². The molecule has 1 nitrogen and oxygen atoms in total. The Morgan fingerprint density at radius 2 is 1.32 bits per heavy atom. The molecule has 0 atom stereocenters. The number of halogens is 1. The molecular weight excluding hydrogens is 254 g/mol. The molecule has 0 amide bonds. The summed E-state index contributed by atoms with van der Waals surface area (Å²) in [6.07, 6.45) is 0. The molecule has 102 valence electrons. The lowest BCUT2D eigenvalue weighted by Gasteiger charge is -2.08. The van der Waals surface area contributed by atoms with Gasteiger partial charge < -0.3 is 17.7 Å². The van der Waals surface area contributed by atoms with Gasteiger partial charge in [0.05, 0.1) is 0 Å². The summed E-state index contributed by atoms with van der Waals surface area (Å²) in [5.41, 5.74) is 4.08. The summed E-state index contributed by atoms with van der Waals surface area (Å²) in [4.78, 5) is 0. The van der Waals surface area contributed by atoms with E-state index in [0.29, 0.717) is 5.92 Å². The van der Waals surface area contributed by atoms with Gasteiger partial charge in [-0.25, -0.2) is 0 Å². The van der Waals surface area contributed by atoms with Gasteiger partial charge in [0.25, 0.3) is 0 Å². The fraction of sp³-hybridized carbons (Fsp3) is 0.294. The average Bonchev–Trinajstić information content (AvgIpc) is 2.40. The van der Waals surface area contributed by atoms with E-state index in [4.69, 9.17) is 0 Å². The standard InChI is InChI=1S/C17H21N.ClH/c1-14(2)17-10-8-16(9-11-17)13-18-12-15-6-4-3-5-7-15;/h3-11,14,18H,12-13H2,1-2H3;1H/p-1. The maximum atomic E-state index is 3.47. The largest absolute Gasteiger partial charge is 1.00 e. The van der Waals surface area contributed by atoms with Crippen molar-refractivity contribution in [1.29, 1.82) is 0 Å². The Morgan fingerprint density at radius 1 is 0.789 bits per heavy atom. The third kappa shape index (κ3) is 5.06. The van der Waals surface area contributed by atoms with E-state index in [1.807, 2.05) is 6.07 Å². The molecule has 2 rings (SSSR count). The van der Waals surface area contributed by atoms with Crippen molar-refractivity contribution in [3.63, 3.8) is 0 Å². The minimum Gasteiger partial charge on any atom is -1.00 e. The molecule has 0 aromatic heterocycles. The Hall–Kier alpha value is -1.31. The van der Waals surface area contributed by atoms with E-state index in [1.165, 1.54) is 16.7 Å². The molecule has 2 aromatic rings. The predicted octanol–water partition coefficient (Wildman–Crippen LogP) is 1.10. The van der Waals surface area contributed by atoms with Crippen LogP contribution in [0.4, 0.5) is 0 Å². The third-order valence-electron chi connectivity index (χ3n) is 3.15. The first-order chi connectivity index (χ1) is 8.75. The molecule has 0 heterocycles. The summed E-state index contributed by atoms with van der Waals surface area (Å²) in [6.45, 7) is 6.30. The molecular formula is C17H21ClN-. The van der Waals surface area contributed by atoms with Crippen molar-refractivity contribution in [2.45, 2.75) is 32.9 Å². The Labute approximate surface area is 122 Å². The highest BCUT2D eigenvalue weighted by Crippen LogP contribution is 2.14. The average molecular weight is 275 g/mol. The van der Waals surface area contributed by atoms with Gasteiger partial charge in [0.1, 0.15) is 0 Å². The van der Waals surface area contributed by atoms with Gasteiger partial charge in [0.15, 0.2) is 0 Å². The number of benzene rings is 2. The molecule has 0 saturated carbocycles. The molecule has 0 fully saturated rings. The normalized spacial score (nSPS) is 10.3. The van der Waals surface area contributed by atoms with Gasteiger partial charge in [-0.15, -0.1) is 0 Å². The molecule has 0 radical (unpaired) electrons. The molecule has 0 saturated heterocycles. The minimum absolute atomic E-state index is 0. The highest BCUT2D eigenvalue weighted by atomic mass is 35.5. The second-order valence-electron chi connectivity index (χ2n) is 4.99. The van der Waals surface area contributed by atoms with Gasteiger partial charge in [-0.2, -0.15) is 0 Å². The van der Waals surface area contributed by atoms with Gasteiger partial charge >= 0.3 is 0 Å². The number of rotatable bonds is 5. The summed E-state index contributed by atoms with van der Waals surface area (Å²) in [7, 11) is 0. The van der Waals surface area contributed by atoms with Gasteiger partial charge in [-0.1, -0.05) is 68.4 Å². The lowest BCUT2D eigenvalue weighted by atomic mass is 10.0. The van der Waals surface area contributed by atoms with Crippen LogP contribution < -0.4 is 17.7 Å². The Bertz CT molecular complexity index is 462. The molecule has 0 spiro atoms. The van der Waals surface area contributed by atoms with Crippen LogP contribution in [-0.4, -0.2) is 0 Å². The number of hydrogen-bond donors (Lipinski definition) is 1. The van der Waals surface area contributed by atoms with Crippen LogP contribution in [0.25, 0.3) is 0 Å². The summed E-state index contributed by atoms with van der Waals surface area (Å²) < 4.78 is 0. The quantitative estimate of drug-likeness (QED) is 0.861. The maximum absolute atomic E-state index is 3.47. The van der Waals surface area contributed by atoms with E-state index in [1.54, 1.807) is 0 Å². The summed E-state index contributed by atoms with van der Waals surface area (Å²) in [6, 6.07) is 19.4. The van der Waals surface area contributed by atoms with Crippen LogP contribution in [0.5, 0.6) is 0 Å². The van der Waals surface area contributed by atoms with Crippen molar-refractivity contribution in [1.82, 2.24) is 5.32 Å². The summed E-state index contributed by atoms with van der Waals surface area (Å²) in [5, 5.41) is 3.47. The van der Waals surface area contributed by atoms with Gasteiger partial charge in [0.2, 0.25) is 0 Å². The Kier molecular flexibility index (Phi) is 6.61. The third-order valence-corrected chi connectivity index (χ3v) is 3.15. The zero-order valence-corrected chi connectivity index (χ0v) is 12.3. The molecule has 2 heteroatoms. The first-order valence-corrected chi connectivity index (χ1v) is 6.59. The van der Waals surface area contributed by atoms with E-state index in [-0.39, 0.29) is 12.4 Å². The van der Waals surface area contributed by atoms with Gasteiger partial charge in [-0.05, 0) is 22.6 Å². The predicted molar refractivity (Wildman–Crippen MR) is 77.5 cm³/mol. The highest BCUT2D eigenvalue weighted by Gasteiger charge is 1.98. The van der Waals surface area contributed by atoms with Crippen molar-refractivity contribution in [2.24, 2.45) is 0 Å². The molecule has 0 unspecified atom stereocenters. The van der Waals surface area contributed by atoms with Crippen LogP contribution in [0.2, 0.25) is 0 Å². The van der Waals surface area contributed by atoms with Crippen molar-refractivity contribution in [3.8, 4) is 0 Å². The van der Waals surface area contributed by atoms with E-state index in [9.17, 15) is 0 Å². The van der Waals surface area contributed by atoms with E-state index >= 15 is 0 Å². The molecule has 1 N–H and O–H groups in total. The SMILES string of the molecule is CC(C)c1ccc(CNCc2ccccc2)cc1.[Cl-]. The van der Waals surface area contributed by atoms with Crippen molar-refractivity contribution < 1.29 is 12.4 Å². The number of nitrogens with one attached hydrogen (secondary N) is 1. The fourth-order valence-corrected chi connectivity index (χ4v) is 1.97. The van der Waals surface area contributed by atoms with E-state index in [2.05, 4.69) is 67.7 Å². The second-order valence-corrected chi connectivity index (χ2v) is 4.99. The van der Waals surface area contributed by atoms with Crippen LogP contribution in [-0.2, 0) is 13.1 Å². The number of hydrogen-bond acceptors (Lipinski definition) is 1. The first-order valence-electron chi connectivity index (χ1n) is 6.59. The smallest absolute Gasteiger partial charge is 0.0208 e. The van der Waals surface area contributed by atoms with Crippen molar-refractivity contribution in [2.75, 3.05) is 0 Å². The highest BCUT2D eigenvalue weighted by molar-refractivity contribution is 5.24. The lowest BCUT2D eigenvalue weighted by Crippen LogP contribution is -3.00. The minimum atomic E-state index is 0.